The molecule has 0 heterocycles. The van der Waals surface area contributed by atoms with E-state index in [2.05, 4.69) is 23.3 Å². The van der Waals surface area contributed by atoms with Gasteiger partial charge in [0.25, 0.3) is 0 Å². The predicted molar refractivity (Wildman–Crippen MR) is 70.2 cm³/mol. The van der Waals surface area contributed by atoms with E-state index >= 15 is 0 Å². The van der Waals surface area contributed by atoms with Gasteiger partial charge in [-0.1, -0.05) is 6.92 Å². The van der Waals surface area contributed by atoms with Crippen molar-refractivity contribution in [2.24, 2.45) is 0 Å². The fourth-order valence-electron chi connectivity index (χ4n) is 1.19. The van der Waals surface area contributed by atoms with E-state index < -0.39 is 6.04 Å². The molecular weight excluding hydrogens is 240 g/mol. The SMILES string of the molecule is CCCOCCCNC(=O)C(CS)NC(C)=O. The van der Waals surface area contributed by atoms with Gasteiger partial charge in [0.05, 0.1) is 0 Å². The molecule has 0 fully saturated rings. The van der Waals surface area contributed by atoms with Crippen LogP contribution in [0.1, 0.15) is 26.7 Å². The first-order valence-electron chi connectivity index (χ1n) is 5.85. The molecule has 5 nitrogen and oxygen atoms in total. The molecule has 0 saturated carbocycles. The normalized spacial score (nSPS) is 11.9. The Labute approximate surface area is 108 Å². The third-order valence-corrected chi connectivity index (χ3v) is 2.35. The summed E-state index contributed by atoms with van der Waals surface area (Å²) in [7, 11) is 0. The summed E-state index contributed by atoms with van der Waals surface area (Å²) in [6.45, 7) is 5.36. The molecule has 0 aromatic rings. The van der Waals surface area contributed by atoms with Gasteiger partial charge in [0.2, 0.25) is 11.8 Å². The molecule has 0 aliphatic heterocycles. The molecule has 2 N–H and O–H groups in total. The van der Waals surface area contributed by atoms with E-state index in [4.69, 9.17) is 4.74 Å². The van der Waals surface area contributed by atoms with Crippen LogP contribution in [0.3, 0.4) is 0 Å². The molecule has 0 spiro atoms. The maximum absolute atomic E-state index is 11.6. The van der Waals surface area contributed by atoms with E-state index in [1.54, 1.807) is 0 Å². The van der Waals surface area contributed by atoms with Crippen LogP contribution in [0.15, 0.2) is 0 Å². The smallest absolute Gasteiger partial charge is 0.243 e. The van der Waals surface area contributed by atoms with Crippen LogP contribution in [0.2, 0.25) is 0 Å². The highest BCUT2D eigenvalue weighted by molar-refractivity contribution is 7.80. The second-order valence-corrected chi connectivity index (χ2v) is 4.06. The molecular formula is C11H22N2O3S. The second-order valence-electron chi connectivity index (χ2n) is 3.69. The lowest BCUT2D eigenvalue weighted by atomic mass is 10.3. The number of rotatable bonds is 9. The van der Waals surface area contributed by atoms with Crippen molar-refractivity contribution in [2.45, 2.75) is 32.7 Å². The van der Waals surface area contributed by atoms with Gasteiger partial charge >= 0.3 is 0 Å². The van der Waals surface area contributed by atoms with Crippen LogP contribution in [-0.4, -0.2) is 43.4 Å². The Morgan fingerprint density at radius 2 is 2.06 bits per heavy atom. The van der Waals surface area contributed by atoms with Gasteiger partial charge in [-0.3, -0.25) is 9.59 Å². The van der Waals surface area contributed by atoms with E-state index in [-0.39, 0.29) is 17.6 Å². The summed E-state index contributed by atoms with van der Waals surface area (Å²) in [4.78, 5) is 22.4. The Balaban J connectivity index is 3.64. The van der Waals surface area contributed by atoms with E-state index in [0.717, 1.165) is 19.4 Å². The van der Waals surface area contributed by atoms with Crippen molar-refractivity contribution in [3.8, 4) is 0 Å². The van der Waals surface area contributed by atoms with Crippen LogP contribution >= 0.6 is 12.6 Å². The standard InChI is InChI=1S/C11H22N2O3S/c1-3-6-16-7-4-5-12-11(15)10(8-17)13-9(2)14/h10,17H,3-8H2,1-2H3,(H,12,15)(H,13,14). The lowest BCUT2D eigenvalue weighted by molar-refractivity contribution is -0.127. The van der Waals surface area contributed by atoms with E-state index in [1.807, 2.05) is 6.92 Å². The molecule has 0 aromatic heterocycles. The Kier molecular flexibility index (Phi) is 9.95. The number of ether oxygens (including phenoxy) is 1. The van der Waals surface area contributed by atoms with Gasteiger partial charge in [0, 0.05) is 32.4 Å². The molecule has 6 heteroatoms. The zero-order valence-electron chi connectivity index (χ0n) is 10.5. The lowest BCUT2D eigenvalue weighted by Crippen LogP contribution is -2.47. The Morgan fingerprint density at radius 3 is 2.59 bits per heavy atom. The molecule has 1 unspecified atom stereocenters. The number of amides is 2. The van der Waals surface area contributed by atoms with Gasteiger partial charge in [-0.25, -0.2) is 0 Å². The first-order valence-corrected chi connectivity index (χ1v) is 6.48. The van der Waals surface area contributed by atoms with Crippen LogP contribution in [0.25, 0.3) is 0 Å². The lowest BCUT2D eigenvalue weighted by Gasteiger charge is -2.15. The number of hydrogen-bond donors (Lipinski definition) is 3. The summed E-state index contributed by atoms with van der Waals surface area (Å²) in [5.74, 6) is -0.145. The molecule has 0 aromatic carbocycles. The molecule has 2 amide bonds. The van der Waals surface area contributed by atoms with Gasteiger partial charge in [-0.2, -0.15) is 12.6 Å². The molecule has 100 valence electrons. The molecule has 1 atom stereocenters. The highest BCUT2D eigenvalue weighted by Gasteiger charge is 2.16. The maximum Gasteiger partial charge on any atom is 0.243 e. The largest absolute Gasteiger partial charge is 0.381 e. The average molecular weight is 262 g/mol. The molecule has 0 rings (SSSR count). The quantitative estimate of drug-likeness (QED) is 0.415. The highest BCUT2D eigenvalue weighted by atomic mass is 32.1. The van der Waals surface area contributed by atoms with Crippen LogP contribution in [0.4, 0.5) is 0 Å². The summed E-state index contributed by atoms with van der Waals surface area (Å²) in [6, 6.07) is -0.563. The zero-order valence-corrected chi connectivity index (χ0v) is 11.4. The van der Waals surface area contributed by atoms with Crippen LogP contribution < -0.4 is 10.6 Å². The van der Waals surface area contributed by atoms with Gasteiger partial charge in [0.15, 0.2) is 0 Å². The molecule has 0 aliphatic carbocycles. The number of carbonyl (C=O) groups excluding carboxylic acids is 2. The van der Waals surface area contributed by atoms with Crippen LogP contribution in [0, 0.1) is 0 Å². The van der Waals surface area contributed by atoms with Gasteiger partial charge in [-0.15, -0.1) is 0 Å². The maximum atomic E-state index is 11.6. The van der Waals surface area contributed by atoms with Crippen LogP contribution in [0.5, 0.6) is 0 Å². The number of hydrogen-bond acceptors (Lipinski definition) is 4. The monoisotopic (exact) mass is 262 g/mol. The van der Waals surface area contributed by atoms with Crippen molar-refractivity contribution >= 4 is 24.4 Å². The summed E-state index contributed by atoms with van der Waals surface area (Å²) in [5, 5.41) is 5.27. The fraction of sp³-hybridized carbons (Fsp3) is 0.818. The Bertz CT molecular complexity index is 237. The Morgan fingerprint density at radius 1 is 1.35 bits per heavy atom. The van der Waals surface area contributed by atoms with E-state index in [1.165, 1.54) is 6.92 Å². The number of nitrogens with one attached hydrogen (secondary N) is 2. The minimum atomic E-state index is -0.563. The second kappa shape index (κ2) is 10.4. The van der Waals surface area contributed by atoms with Crippen molar-refractivity contribution in [1.29, 1.82) is 0 Å². The predicted octanol–water partition coefficient (Wildman–Crippen LogP) is 0.354. The third-order valence-electron chi connectivity index (χ3n) is 1.99. The van der Waals surface area contributed by atoms with Crippen molar-refractivity contribution in [3.05, 3.63) is 0 Å². The first kappa shape index (κ1) is 16.2. The van der Waals surface area contributed by atoms with Crippen LogP contribution in [-0.2, 0) is 14.3 Å². The van der Waals surface area contributed by atoms with Gasteiger partial charge < -0.3 is 15.4 Å². The minimum Gasteiger partial charge on any atom is -0.381 e. The minimum absolute atomic E-state index is 0.203. The highest BCUT2D eigenvalue weighted by Crippen LogP contribution is 1.90. The average Bonchev–Trinajstić information content (AvgIpc) is 2.30. The third kappa shape index (κ3) is 9.00. The summed E-state index contributed by atoms with van der Waals surface area (Å²) >= 11 is 4.02. The van der Waals surface area contributed by atoms with Crippen molar-refractivity contribution in [3.63, 3.8) is 0 Å². The molecule has 0 bridgehead atoms. The zero-order chi connectivity index (χ0) is 13.1. The topological polar surface area (TPSA) is 67.4 Å². The van der Waals surface area contributed by atoms with Crippen molar-refractivity contribution in [2.75, 3.05) is 25.5 Å². The van der Waals surface area contributed by atoms with Gasteiger partial charge in [0.1, 0.15) is 6.04 Å². The van der Waals surface area contributed by atoms with E-state index in [0.29, 0.717) is 13.2 Å². The Hall–Kier alpha value is -0.750. The van der Waals surface area contributed by atoms with Gasteiger partial charge in [-0.05, 0) is 12.8 Å². The summed E-state index contributed by atoms with van der Waals surface area (Å²) in [6.07, 6.45) is 1.77. The van der Waals surface area contributed by atoms with Crippen molar-refractivity contribution < 1.29 is 14.3 Å². The number of thiol groups is 1. The first-order chi connectivity index (χ1) is 8.11. The fourth-order valence-corrected chi connectivity index (χ4v) is 1.45. The molecule has 0 radical (unpaired) electrons. The summed E-state index contributed by atoms with van der Waals surface area (Å²) < 4.78 is 5.28. The van der Waals surface area contributed by atoms with Crippen molar-refractivity contribution in [1.82, 2.24) is 10.6 Å². The molecule has 17 heavy (non-hydrogen) atoms. The number of carbonyl (C=O) groups is 2. The molecule has 0 aliphatic rings. The molecule has 0 saturated heterocycles. The summed E-state index contributed by atoms with van der Waals surface area (Å²) in [5.41, 5.74) is 0. The van der Waals surface area contributed by atoms with E-state index in [9.17, 15) is 9.59 Å².